The highest BCUT2D eigenvalue weighted by molar-refractivity contribution is 6.31. The monoisotopic (exact) mass is 296 g/mol. The van der Waals surface area contributed by atoms with E-state index in [9.17, 15) is 29.6 Å². The second-order valence-electron chi connectivity index (χ2n) is 4.63. The van der Waals surface area contributed by atoms with Gasteiger partial charge in [0, 0.05) is 28.3 Å². The van der Waals surface area contributed by atoms with Crippen LogP contribution in [0.1, 0.15) is 42.2 Å². The Morgan fingerprint density at radius 2 is 1.45 bits per heavy atom. The third-order valence-corrected chi connectivity index (χ3v) is 3.47. The molecule has 0 bridgehead atoms. The first-order valence-electron chi connectivity index (χ1n) is 6.14. The number of carbonyl (C=O) groups excluding carboxylic acids is 3. The predicted molar refractivity (Wildman–Crippen MR) is 70.7 cm³/mol. The zero-order valence-corrected chi connectivity index (χ0v) is 10.9. The fourth-order valence-electron chi connectivity index (χ4n) is 2.53. The molecule has 108 valence electrons. The van der Waals surface area contributed by atoms with Gasteiger partial charge in [0.1, 0.15) is 5.56 Å². The lowest BCUT2D eigenvalue weighted by molar-refractivity contribution is -0.385. The largest absolute Gasteiger partial charge is 0.545 e. The van der Waals surface area contributed by atoms with Crippen molar-refractivity contribution in [2.45, 2.75) is 0 Å². The molecule has 0 aromatic heterocycles. The Kier molecular flexibility index (Phi) is 2.84. The summed E-state index contributed by atoms with van der Waals surface area (Å²) in [6, 6.07) is 7.58. The van der Waals surface area contributed by atoms with Crippen LogP contribution >= 0.6 is 0 Å². The summed E-state index contributed by atoms with van der Waals surface area (Å²) in [5.74, 6) is -3.17. The van der Waals surface area contributed by atoms with E-state index in [0.717, 1.165) is 12.1 Å². The van der Waals surface area contributed by atoms with Crippen LogP contribution in [-0.4, -0.2) is 22.5 Å². The second-order valence-corrected chi connectivity index (χ2v) is 4.63. The summed E-state index contributed by atoms with van der Waals surface area (Å²) in [5, 5.41) is 22.3. The molecule has 2 aromatic carbocycles. The average Bonchev–Trinajstić information content (AvgIpc) is 2.51. The summed E-state index contributed by atoms with van der Waals surface area (Å²) in [5.41, 5.74) is -2.10. The quantitative estimate of drug-likeness (QED) is 0.508. The van der Waals surface area contributed by atoms with Crippen molar-refractivity contribution in [3.63, 3.8) is 0 Å². The summed E-state index contributed by atoms with van der Waals surface area (Å²) in [6.45, 7) is 0. The first kappa shape index (κ1) is 13.6. The molecule has 0 unspecified atom stereocenters. The molecule has 7 heteroatoms. The molecule has 0 saturated carbocycles. The van der Waals surface area contributed by atoms with Crippen LogP contribution < -0.4 is 5.11 Å². The Hall–Kier alpha value is -3.35. The number of hydrogen-bond donors (Lipinski definition) is 0. The fraction of sp³-hybridized carbons (Fsp3) is 0. The van der Waals surface area contributed by atoms with Gasteiger partial charge in [-0.25, -0.2) is 0 Å². The molecule has 22 heavy (non-hydrogen) atoms. The highest BCUT2D eigenvalue weighted by Gasteiger charge is 2.37. The molecule has 0 heterocycles. The molecule has 0 fully saturated rings. The number of carboxylic acid groups (broad SMARTS) is 1. The predicted octanol–water partition coefficient (Wildman–Crippen LogP) is 0.734. The van der Waals surface area contributed by atoms with Gasteiger partial charge in [0.25, 0.3) is 5.69 Å². The van der Waals surface area contributed by atoms with Crippen molar-refractivity contribution in [2.24, 2.45) is 0 Å². The van der Waals surface area contributed by atoms with E-state index in [-0.39, 0.29) is 11.1 Å². The highest BCUT2D eigenvalue weighted by atomic mass is 16.6. The van der Waals surface area contributed by atoms with Gasteiger partial charge in [0.2, 0.25) is 5.78 Å². The van der Waals surface area contributed by atoms with Gasteiger partial charge in [-0.1, -0.05) is 24.3 Å². The minimum Gasteiger partial charge on any atom is -0.545 e. The average molecular weight is 296 g/mol. The molecule has 7 nitrogen and oxygen atoms in total. The fourth-order valence-corrected chi connectivity index (χ4v) is 2.53. The molecule has 1 aliphatic carbocycles. The third kappa shape index (κ3) is 1.72. The van der Waals surface area contributed by atoms with E-state index >= 15 is 0 Å². The maximum absolute atomic E-state index is 12.5. The standard InChI is InChI=1S/C15H7NO6/c17-13-7-3-1-2-4-8(7)14(18)12-10(16(21)22)6-5-9(11(12)13)15(19)20/h1-6H,(H,19,20)/p-1. The topological polar surface area (TPSA) is 117 Å². The lowest BCUT2D eigenvalue weighted by Gasteiger charge is -2.20. The van der Waals surface area contributed by atoms with E-state index < -0.39 is 44.8 Å². The van der Waals surface area contributed by atoms with Gasteiger partial charge in [0.05, 0.1) is 10.9 Å². The van der Waals surface area contributed by atoms with E-state index in [1.807, 2.05) is 0 Å². The number of rotatable bonds is 2. The van der Waals surface area contributed by atoms with Gasteiger partial charge in [-0.2, -0.15) is 0 Å². The van der Waals surface area contributed by atoms with Crippen molar-refractivity contribution in [1.82, 2.24) is 0 Å². The van der Waals surface area contributed by atoms with Gasteiger partial charge in [-0.05, 0) is 6.07 Å². The lowest BCUT2D eigenvalue weighted by Crippen LogP contribution is -2.30. The van der Waals surface area contributed by atoms with Crippen LogP contribution in [-0.2, 0) is 0 Å². The Labute approximate surface area is 123 Å². The van der Waals surface area contributed by atoms with Gasteiger partial charge < -0.3 is 9.90 Å². The molecule has 0 aliphatic heterocycles. The number of nitro groups is 1. The SMILES string of the molecule is O=C([O-])c1ccc([N+](=O)[O-])c2c1C(=O)c1ccccc1C2=O. The number of aromatic carboxylic acids is 1. The minimum atomic E-state index is -1.67. The van der Waals surface area contributed by atoms with Crippen molar-refractivity contribution >= 4 is 23.2 Å². The molecular weight excluding hydrogens is 290 g/mol. The maximum atomic E-state index is 12.5. The van der Waals surface area contributed by atoms with Crippen LogP contribution in [0.25, 0.3) is 0 Å². The van der Waals surface area contributed by atoms with E-state index in [1.54, 1.807) is 0 Å². The molecule has 2 aromatic rings. The van der Waals surface area contributed by atoms with Crippen LogP contribution in [0.4, 0.5) is 5.69 Å². The molecule has 0 radical (unpaired) electrons. The minimum absolute atomic E-state index is 0.0126. The number of carboxylic acids is 1. The molecule has 0 spiro atoms. The van der Waals surface area contributed by atoms with Crippen LogP contribution in [0, 0.1) is 10.1 Å². The van der Waals surface area contributed by atoms with Crippen LogP contribution in [0.5, 0.6) is 0 Å². The Bertz CT molecular complexity index is 812. The summed E-state index contributed by atoms with van der Waals surface area (Å²) in [4.78, 5) is 46.4. The van der Waals surface area contributed by atoms with E-state index in [2.05, 4.69) is 0 Å². The number of nitro benzene ring substituents is 1. The number of carbonyl (C=O) groups is 3. The van der Waals surface area contributed by atoms with Gasteiger partial charge in [-0.3, -0.25) is 19.7 Å². The van der Waals surface area contributed by atoms with E-state index in [4.69, 9.17) is 0 Å². The molecule has 0 N–H and O–H groups in total. The summed E-state index contributed by atoms with van der Waals surface area (Å²) in [7, 11) is 0. The highest BCUT2D eigenvalue weighted by Crippen LogP contribution is 2.34. The Balaban J connectivity index is 2.44. The maximum Gasteiger partial charge on any atom is 0.281 e. The van der Waals surface area contributed by atoms with Crippen molar-refractivity contribution in [1.29, 1.82) is 0 Å². The summed E-state index contributed by atoms with van der Waals surface area (Å²) >= 11 is 0. The zero-order chi connectivity index (χ0) is 16.0. The second kappa shape index (κ2) is 4.59. The van der Waals surface area contributed by atoms with Crippen molar-refractivity contribution in [3.05, 3.63) is 74.3 Å². The van der Waals surface area contributed by atoms with E-state index in [1.165, 1.54) is 24.3 Å². The molecule has 1 aliphatic rings. The Morgan fingerprint density at radius 3 is 1.95 bits per heavy atom. The van der Waals surface area contributed by atoms with E-state index in [0.29, 0.717) is 0 Å². The van der Waals surface area contributed by atoms with Crippen LogP contribution in [0.3, 0.4) is 0 Å². The first-order chi connectivity index (χ1) is 10.4. The normalized spacial score (nSPS) is 12.5. The van der Waals surface area contributed by atoms with Crippen molar-refractivity contribution in [3.8, 4) is 0 Å². The van der Waals surface area contributed by atoms with Gasteiger partial charge >= 0.3 is 0 Å². The zero-order valence-electron chi connectivity index (χ0n) is 10.9. The van der Waals surface area contributed by atoms with Crippen molar-refractivity contribution < 1.29 is 24.4 Å². The summed E-state index contributed by atoms with van der Waals surface area (Å²) in [6.07, 6.45) is 0. The molecular formula is C15H6NO6-. The third-order valence-electron chi connectivity index (χ3n) is 3.47. The number of benzene rings is 2. The van der Waals surface area contributed by atoms with Gasteiger partial charge in [0.15, 0.2) is 5.78 Å². The molecule has 3 rings (SSSR count). The van der Waals surface area contributed by atoms with Crippen molar-refractivity contribution in [2.75, 3.05) is 0 Å². The lowest BCUT2D eigenvalue weighted by atomic mass is 9.81. The number of nitrogens with zero attached hydrogens (tertiary/aromatic N) is 1. The number of hydrogen-bond acceptors (Lipinski definition) is 6. The smallest absolute Gasteiger partial charge is 0.281 e. The summed E-state index contributed by atoms with van der Waals surface area (Å²) < 4.78 is 0. The molecule has 0 saturated heterocycles. The molecule has 0 amide bonds. The van der Waals surface area contributed by atoms with Crippen LogP contribution in [0.15, 0.2) is 36.4 Å². The first-order valence-corrected chi connectivity index (χ1v) is 6.14. The molecule has 0 atom stereocenters. The number of ketones is 2. The van der Waals surface area contributed by atoms with Crippen LogP contribution in [0.2, 0.25) is 0 Å². The number of fused-ring (bicyclic) bond motifs is 2. The Morgan fingerprint density at radius 1 is 0.909 bits per heavy atom. The van der Waals surface area contributed by atoms with Gasteiger partial charge in [-0.15, -0.1) is 0 Å².